The predicted molar refractivity (Wildman–Crippen MR) is 145 cm³/mol. The molecule has 2 aliphatic rings. The predicted octanol–water partition coefficient (Wildman–Crippen LogP) is 6.10. The average molecular weight is 574 g/mol. The summed E-state index contributed by atoms with van der Waals surface area (Å²) in [4.78, 5) is 20.2. The highest BCUT2D eigenvalue weighted by Crippen LogP contribution is 2.34. The lowest BCUT2D eigenvalue weighted by atomic mass is 9.96. The van der Waals surface area contributed by atoms with Crippen LogP contribution in [0, 0.1) is 5.92 Å². The molecular weight excluding hydrogens is 544 g/mol. The third-order valence-corrected chi connectivity index (χ3v) is 7.74. The summed E-state index contributed by atoms with van der Waals surface area (Å²) < 4.78 is 40.7. The van der Waals surface area contributed by atoms with E-state index >= 15 is 0 Å². The number of aromatic nitrogens is 2. The standard InChI is InChI=1S/C26H27F3N4OS.2ClH/c27-26(28,29)20-6-1-4-18(14-20)5-3-11-32-12-9-19(10-13-32)16-31-25(34)22-15-21-17-30-23-7-2-8-24(35-22)33(21)23;;/h1-2,4,6-8,14-15,17,19H,3,5,9-13,16H2,(H,31,34);2*1H. The molecule has 200 valence electrons. The number of hydrogen-bond acceptors (Lipinski definition) is 4. The summed E-state index contributed by atoms with van der Waals surface area (Å²) in [6, 6.07) is 11.5. The number of carbonyl (C=O) groups is 1. The van der Waals surface area contributed by atoms with Gasteiger partial charge in [0.15, 0.2) is 0 Å². The normalized spacial score (nSPS) is 16.0. The molecule has 1 N–H and O–H groups in total. The molecule has 0 saturated carbocycles. The summed E-state index contributed by atoms with van der Waals surface area (Å²) in [7, 11) is 0. The second-order valence-electron chi connectivity index (χ2n) is 9.15. The molecule has 1 fully saturated rings. The van der Waals surface area contributed by atoms with Crippen molar-refractivity contribution in [2.75, 3.05) is 26.2 Å². The number of thioether (sulfide) groups is 1. The Morgan fingerprint density at radius 1 is 1.11 bits per heavy atom. The first-order valence-electron chi connectivity index (χ1n) is 11.9. The van der Waals surface area contributed by atoms with Gasteiger partial charge in [0.05, 0.1) is 27.4 Å². The van der Waals surface area contributed by atoms with Crippen molar-refractivity contribution in [2.45, 2.75) is 36.9 Å². The third kappa shape index (κ3) is 7.02. The van der Waals surface area contributed by atoms with Crippen molar-refractivity contribution in [3.63, 3.8) is 0 Å². The maximum atomic E-state index is 12.9. The van der Waals surface area contributed by atoms with Crippen molar-refractivity contribution in [3.05, 3.63) is 70.4 Å². The summed E-state index contributed by atoms with van der Waals surface area (Å²) in [5.41, 5.74) is 1.94. The number of pyridine rings is 1. The van der Waals surface area contributed by atoms with E-state index in [0.717, 1.165) is 66.9 Å². The van der Waals surface area contributed by atoms with Crippen molar-refractivity contribution < 1.29 is 18.0 Å². The Morgan fingerprint density at radius 2 is 1.86 bits per heavy atom. The number of nitrogens with one attached hydrogen (secondary N) is 1. The lowest BCUT2D eigenvalue weighted by molar-refractivity contribution is -0.137. The Bertz CT molecular complexity index is 1260. The number of aryl methyl sites for hydroxylation is 1. The molecule has 1 saturated heterocycles. The number of amides is 1. The molecule has 1 amide bonds. The first kappa shape index (κ1) is 29.4. The Kier molecular flexibility index (Phi) is 9.97. The van der Waals surface area contributed by atoms with Crippen molar-refractivity contribution in [1.29, 1.82) is 0 Å². The number of likely N-dealkylation sites (tertiary alicyclic amines) is 1. The number of carbonyl (C=O) groups excluding carboxylic acids is 1. The summed E-state index contributed by atoms with van der Waals surface area (Å²) in [5, 5.41) is 4.09. The van der Waals surface area contributed by atoms with Gasteiger partial charge in [-0.3, -0.25) is 9.20 Å². The minimum Gasteiger partial charge on any atom is -0.351 e. The highest BCUT2D eigenvalue weighted by Gasteiger charge is 2.30. The van der Waals surface area contributed by atoms with E-state index in [-0.39, 0.29) is 30.7 Å². The molecule has 0 spiro atoms. The molecule has 1 aromatic carbocycles. The van der Waals surface area contributed by atoms with Gasteiger partial charge in [-0.2, -0.15) is 13.2 Å². The molecule has 0 unspecified atom stereocenters. The second kappa shape index (κ2) is 12.6. The molecule has 2 aromatic heterocycles. The van der Waals surface area contributed by atoms with E-state index < -0.39 is 11.7 Å². The molecule has 0 bridgehead atoms. The van der Waals surface area contributed by atoms with Crippen LogP contribution in [0.5, 0.6) is 0 Å². The molecule has 0 radical (unpaired) electrons. The Balaban J connectivity index is 0.00000190. The smallest absolute Gasteiger partial charge is 0.351 e. The van der Waals surface area contributed by atoms with Crippen LogP contribution >= 0.6 is 36.6 Å². The van der Waals surface area contributed by atoms with Crippen LogP contribution < -0.4 is 5.32 Å². The first-order valence-corrected chi connectivity index (χ1v) is 12.7. The van der Waals surface area contributed by atoms with E-state index in [1.54, 1.807) is 12.3 Å². The second-order valence-corrected chi connectivity index (χ2v) is 10.2. The fourth-order valence-corrected chi connectivity index (χ4v) is 5.75. The number of imidazole rings is 1. The number of hydrogen-bond donors (Lipinski definition) is 1. The fourth-order valence-electron chi connectivity index (χ4n) is 4.75. The zero-order valence-corrected chi connectivity index (χ0v) is 22.5. The van der Waals surface area contributed by atoms with E-state index in [1.807, 2.05) is 28.7 Å². The Hall–Kier alpha value is -2.20. The van der Waals surface area contributed by atoms with Crippen molar-refractivity contribution in [1.82, 2.24) is 19.6 Å². The maximum Gasteiger partial charge on any atom is 0.416 e. The van der Waals surface area contributed by atoms with E-state index in [9.17, 15) is 18.0 Å². The molecule has 11 heteroatoms. The van der Waals surface area contributed by atoms with Crippen LogP contribution in [0.4, 0.5) is 13.2 Å². The molecule has 3 aromatic rings. The largest absolute Gasteiger partial charge is 0.416 e. The number of alkyl halides is 3. The molecule has 4 heterocycles. The molecule has 37 heavy (non-hydrogen) atoms. The fraction of sp³-hybridized carbons (Fsp3) is 0.385. The topological polar surface area (TPSA) is 49.6 Å². The van der Waals surface area contributed by atoms with Gasteiger partial charge >= 0.3 is 6.18 Å². The SMILES string of the molecule is Cl.Cl.O=C(NCC1CCN(CCCc2cccc(C(F)(F)F)c2)CC1)C1=Cc2cnc3cccc(n23)S1. The Labute approximate surface area is 230 Å². The number of benzene rings is 1. The van der Waals surface area contributed by atoms with Crippen LogP contribution in [0.1, 0.15) is 36.1 Å². The highest BCUT2D eigenvalue weighted by molar-refractivity contribution is 8.04. The van der Waals surface area contributed by atoms with Gasteiger partial charge in [-0.15, -0.1) is 24.8 Å². The third-order valence-electron chi connectivity index (χ3n) is 6.69. The van der Waals surface area contributed by atoms with Crippen molar-refractivity contribution in [2.24, 2.45) is 5.92 Å². The summed E-state index contributed by atoms with van der Waals surface area (Å²) in [5.74, 6) is 0.379. The van der Waals surface area contributed by atoms with Crippen LogP contribution in [0.2, 0.25) is 0 Å². The lowest BCUT2D eigenvalue weighted by Crippen LogP contribution is -2.39. The van der Waals surface area contributed by atoms with Crippen LogP contribution in [-0.2, 0) is 17.4 Å². The van der Waals surface area contributed by atoms with Gasteiger partial charge in [0, 0.05) is 6.54 Å². The van der Waals surface area contributed by atoms with Crippen LogP contribution in [0.25, 0.3) is 11.7 Å². The Morgan fingerprint density at radius 3 is 2.62 bits per heavy atom. The monoisotopic (exact) mass is 572 g/mol. The lowest BCUT2D eigenvalue weighted by Gasteiger charge is -2.32. The molecule has 0 atom stereocenters. The van der Waals surface area contributed by atoms with Gasteiger partial charge in [-0.25, -0.2) is 4.98 Å². The van der Waals surface area contributed by atoms with Crippen molar-refractivity contribution >= 4 is 54.2 Å². The van der Waals surface area contributed by atoms with Gasteiger partial charge in [0.1, 0.15) is 5.65 Å². The van der Waals surface area contributed by atoms with E-state index in [0.29, 0.717) is 23.8 Å². The highest BCUT2D eigenvalue weighted by atomic mass is 35.5. The minimum atomic E-state index is -4.30. The van der Waals surface area contributed by atoms with Gasteiger partial charge in [0.25, 0.3) is 5.91 Å². The van der Waals surface area contributed by atoms with Crippen LogP contribution in [0.3, 0.4) is 0 Å². The number of nitrogens with zero attached hydrogens (tertiary/aromatic N) is 3. The maximum absolute atomic E-state index is 12.9. The van der Waals surface area contributed by atoms with Gasteiger partial charge in [-0.1, -0.05) is 36.0 Å². The first-order chi connectivity index (χ1) is 16.9. The van der Waals surface area contributed by atoms with Gasteiger partial charge < -0.3 is 10.2 Å². The quantitative estimate of drug-likeness (QED) is 0.371. The van der Waals surface area contributed by atoms with Gasteiger partial charge in [-0.05, 0) is 81.1 Å². The van der Waals surface area contributed by atoms with Crippen molar-refractivity contribution in [3.8, 4) is 0 Å². The zero-order valence-electron chi connectivity index (χ0n) is 20.0. The summed E-state index contributed by atoms with van der Waals surface area (Å²) >= 11 is 1.46. The molecule has 2 aliphatic heterocycles. The van der Waals surface area contributed by atoms with Gasteiger partial charge in [0.2, 0.25) is 0 Å². The average Bonchev–Trinajstić information content (AvgIpc) is 3.27. The van der Waals surface area contributed by atoms with E-state index in [4.69, 9.17) is 0 Å². The molecular formula is C26H29Cl2F3N4OS. The van der Waals surface area contributed by atoms with E-state index in [2.05, 4.69) is 15.2 Å². The minimum absolute atomic E-state index is 0. The van der Waals surface area contributed by atoms with Crippen LogP contribution in [-0.4, -0.2) is 46.4 Å². The zero-order chi connectivity index (χ0) is 24.4. The number of halogens is 5. The summed E-state index contributed by atoms with van der Waals surface area (Å²) in [6.45, 7) is 3.42. The van der Waals surface area contributed by atoms with Crippen LogP contribution in [0.15, 0.2) is 58.6 Å². The molecule has 5 rings (SSSR count). The number of rotatable bonds is 7. The summed E-state index contributed by atoms with van der Waals surface area (Å²) in [6.07, 6.45) is 2.85. The van der Waals surface area contributed by atoms with E-state index in [1.165, 1.54) is 23.9 Å². The molecule has 0 aliphatic carbocycles. The number of piperidine rings is 1. The molecule has 5 nitrogen and oxygen atoms in total.